The second-order valence-electron chi connectivity index (χ2n) is 5.63. The van der Waals surface area contributed by atoms with Crippen LogP contribution in [-0.2, 0) is 0 Å². The van der Waals surface area contributed by atoms with Crippen LogP contribution in [-0.4, -0.2) is 23.1 Å². The molecule has 0 heterocycles. The van der Waals surface area contributed by atoms with E-state index in [4.69, 9.17) is 0 Å². The Balaban J connectivity index is 1.86. The summed E-state index contributed by atoms with van der Waals surface area (Å²) in [5.41, 5.74) is 0.695. The molecule has 0 saturated heterocycles. The average molecular weight is 342 g/mol. The molecule has 0 aliphatic carbocycles. The van der Waals surface area contributed by atoms with Gasteiger partial charge in [0.25, 0.3) is 0 Å². The third-order valence-electron chi connectivity index (χ3n) is 3.87. The molecule has 3 aromatic carbocycles. The summed E-state index contributed by atoms with van der Waals surface area (Å²) in [6.07, 6.45) is 0. The van der Waals surface area contributed by atoms with E-state index in [9.17, 15) is 19.2 Å². The second kappa shape index (κ2) is 7.49. The SMILES string of the molecule is O=C(C(=O)c1cccc(C(=O)C(=O)c2ccccc2)c1)c1ccccc1. The van der Waals surface area contributed by atoms with Gasteiger partial charge in [0.15, 0.2) is 0 Å². The topological polar surface area (TPSA) is 68.3 Å². The van der Waals surface area contributed by atoms with Gasteiger partial charge in [0.1, 0.15) is 0 Å². The number of ketones is 4. The van der Waals surface area contributed by atoms with Crippen LogP contribution in [0.3, 0.4) is 0 Å². The Labute approximate surface area is 150 Å². The highest BCUT2D eigenvalue weighted by atomic mass is 16.2. The molecule has 3 aromatic rings. The molecule has 0 aliphatic heterocycles. The van der Waals surface area contributed by atoms with Crippen molar-refractivity contribution >= 4 is 23.1 Å². The van der Waals surface area contributed by atoms with Crippen molar-refractivity contribution in [2.75, 3.05) is 0 Å². The standard InChI is InChI=1S/C22H14O4/c23-19(15-8-3-1-4-9-15)21(25)17-12-7-13-18(14-17)22(26)20(24)16-10-5-2-6-11-16/h1-14H. The summed E-state index contributed by atoms with van der Waals surface area (Å²) in [7, 11) is 0. The van der Waals surface area contributed by atoms with Gasteiger partial charge in [-0.3, -0.25) is 19.2 Å². The van der Waals surface area contributed by atoms with E-state index in [1.165, 1.54) is 24.3 Å². The highest BCUT2D eigenvalue weighted by molar-refractivity contribution is 6.51. The van der Waals surface area contributed by atoms with Crippen LogP contribution in [0.4, 0.5) is 0 Å². The highest BCUT2D eigenvalue weighted by Crippen LogP contribution is 2.13. The van der Waals surface area contributed by atoms with E-state index < -0.39 is 23.1 Å². The van der Waals surface area contributed by atoms with E-state index in [1.807, 2.05) is 0 Å². The lowest BCUT2D eigenvalue weighted by molar-refractivity contribution is 0.0812. The molecule has 0 bridgehead atoms. The quantitative estimate of drug-likeness (QED) is 0.504. The van der Waals surface area contributed by atoms with Crippen molar-refractivity contribution in [3.63, 3.8) is 0 Å². The summed E-state index contributed by atoms with van der Waals surface area (Å²) in [6, 6.07) is 22.0. The molecule has 0 spiro atoms. The number of Topliss-reactive ketones (excluding diaryl/α,β-unsaturated/α-hetero) is 4. The Morgan fingerprint density at radius 3 is 1.08 bits per heavy atom. The molecule has 0 aliphatic rings. The minimum Gasteiger partial charge on any atom is -0.285 e. The first-order valence-electron chi connectivity index (χ1n) is 7.96. The average Bonchev–Trinajstić information content (AvgIpc) is 2.73. The fraction of sp³-hybridized carbons (Fsp3) is 0. The minimum absolute atomic E-state index is 0.0746. The Morgan fingerprint density at radius 1 is 0.385 bits per heavy atom. The fourth-order valence-electron chi connectivity index (χ4n) is 2.51. The van der Waals surface area contributed by atoms with E-state index in [-0.39, 0.29) is 22.3 Å². The number of carbonyl (C=O) groups is 4. The number of carbonyl (C=O) groups excluding carboxylic acids is 4. The number of hydrogen-bond donors (Lipinski definition) is 0. The molecule has 26 heavy (non-hydrogen) atoms. The molecule has 0 atom stereocenters. The number of rotatable bonds is 6. The van der Waals surface area contributed by atoms with Crippen molar-refractivity contribution in [1.29, 1.82) is 0 Å². The Hall–Kier alpha value is -3.66. The number of benzene rings is 3. The normalized spacial score (nSPS) is 10.2. The van der Waals surface area contributed by atoms with Crippen LogP contribution < -0.4 is 0 Å². The first-order chi connectivity index (χ1) is 12.6. The smallest absolute Gasteiger partial charge is 0.233 e. The van der Waals surface area contributed by atoms with Crippen LogP contribution in [0.25, 0.3) is 0 Å². The maximum Gasteiger partial charge on any atom is 0.233 e. The summed E-state index contributed by atoms with van der Waals surface area (Å²) < 4.78 is 0. The highest BCUT2D eigenvalue weighted by Gasteiger charge is 2.22. The van der Waals surface area contributed by atoms with Gasteiger partial charge < -0.3 is 0 Å². The Morgan fingerprint density at radius 2 is 0.692 bits per heavy atom. The lowest BCUT2D eigenvalue weighted by Gasteiger charge is -2.04. The van der Waals surface area contributed by atoms with Gasteiger partial charge in [-0.1, -0.05) is 78.9 Å². The third-order valence-corrected chi connectivity index (χ3v) is 3.87. The van der Waals surface area contributed by atoms with E-state index >= 15 is 0 Å². The summed E-state index contributed by atoms with van der Waals surface area (Å²) in [4.78, 5) is 49.4. The second-order valence-corrected chi connectivity index (χ2v) is 5.63. The van der Waals surface area contributed by atoms with Crippen molar-refractivity contribution < 1.29 is 19.2 Å². The van der Waals surface area contributed by atoms with Crippen LogP contribution in [0.15, 0.2) is 84.9 Å². The van der Waals surface area contributed by atoms with Crippen LogP contribution in [0, 0.1) is 0 Å². The third kappa shape index (κ3) is 3.54. The summed E-state index contributed by atoms with van der Waals surface area (Å²) >= 11 is 0. The van der Waals surface area contributed by atoms with Crippen molar-refractivity contribution in [2.24, 2.45) is 0 Å². The predicted octanol–water partition coefficient (Wildman–Crippen LogP) is 3.82. The molecule has 3 rings (SSSR count). The Bertz CT molecular complexity index is 910. The van der Waals surface area contributed by atoms with Gasteiger partial charge in [0.05, 0.1) is 0 Å². The van der Waals surface area contributed by atoms with Crippen molar-refractivity contribution in [3.05, 3.63) is 107 Å². The summed E-state index contributed by atoms with van der Waals surface area (Å²) in [6.45, 7) is 0. The molecule has 4 heteroatoms. The monoisotopic (exact) mass is 342 g/mol. The summed E-state index contributed by atoms with van der Waals surface area (Å²) in [5, 5.41) is 0. The fourth-order valence-corrected chi connectivity index (χ4v) is 2.51. The van der Waals surface area contributed by atoms with Crippen molar-refractivity contribution in [2.45, 2.75) is 0 Å². The van der Waals surface area contributed by atoms with Gasteiger partial charge in [-0.25, -0.2) is 0 Å². The molecule has 0 N–H and O–H groups in total. The number of hydrogen-bond acceptors (Lipinski definition) is 4. The molecule has 126 valence electrons. The lowest BCUT2D eigenvalue weighted by atomic mass is 9.96. The zero-order valence-corrected chi connectivity index (χ0v) is 13.7. The molecule has 0 fully saturated rings. The van der Waals surface area contributed by atoms with Gasteiger partial charge in [-0.15, -0.1) is 0 Å². The first kappa shape index (κ1) is 17.2. The van der Waals surface area contributed by atoms with Gasteiger partial charge in [-0.2, -0.15) is 0 Å². The molecule has 0 saturated carbocycles. The van der Waals surface area contributed by atoms with Gasteiger partial charge in [0, 0.05) is 22.3 Å². The molecule has 4 nitrogen and oxygen atoms in total. The van der Waals surface area contributed by atoms with E-state index in [2.05, 4.69) is 0 Å². The summed E-state index contributed by atoms with van der Waals surface area (Å²) in [5.74, 6) is -2.77. The maximum absolute atomic E-state index is 12.4. The van der Waals surface area contributed by atoms with Crippen molar-refractivity contribution in [3.8, 4) is 0 Å². The zero-order valence-electron chi connectivity index (χ0n) is 13.7. The zero-order chi connectivity index (χ0) is 18.5. The maximum atomic E-state index is 12.4. The van der Waals surface area contributed by atoms with Gasteiger partial charge in [-0.05, 0) is 6.07 Å². The van der Waals surface area contributed by atoms with Crippen LogP contribution in [0.2, 0.25) is 0 Å². The largest absolute Gasteiger partial charge is 0.285 e. The molecule has 0 radical (unpaired) electrons. The molecular weight excluding hydrogens is 328 g/mol. The van der Waals surface area contributed by atoms with Gasteiger partial charge >= 0.3 is 0 Å². The molecular formula is C22H14O4. The van der Waals surface area contributed by atoms with E-state index in [0.717, 1.165) is 0 Å². The predicted molar refractivity (Wildman–Crippen MR) is 96.6 cm³/mol. The van der Waals surface area contributed by atoms with Crippen LogP contribution >= 0.6 is 0 Å². The van der Waals surface area contributed by atoms with Crippen LogP contribution in [0.1, 0.15) is 41.4 Å². The van der Waals surface area contributed by atoms with Gasteiger partial charge in [0.2, 0.25) is 23.1 Å². The minimum atomic E-state index is -0.724. The molecule has 0 amide bonds. The lowest BCUT2D eigenvalue weighted by Crippen LogP contribution is -2.17. The van der Waals surface area contributed by atoms with E-state index in [1.54, 1.807) is 60.7 Å². The molecule has 0 unspecified atom stereocenters. The van der Waals surface area contributed by atoms with Crippen molar-refractivity contribution in [1.82, 2.24) is 0 Å². The molecule has 0 aromatic heterocycles. The van der Waals surface area contributed by atoms with Crippen LogP contribution in [0.5, 0.6) is 0 Å². The Kier molecular flexibility index (Phi) is 4.94. The van der Waals surface area contributed by atoms with E-state index in [0.29, 0.717) is 0 Å². The first-order valence-corrected chi connectivity index (χ1v) is 7.96.